The van der Waals surface area contributed by atoms with Crippen molar-refractivity contribution in [3.63, 3.8) is 0 Å². The summed E-state index contributed by atoms with van der Waals surface area (Å²) in [6, 6.07) is 7.58. The van der Waals surface area contributed by atoms with Gasteiger partial charge in [0.05, 0.1) is 16.9 Å². The number of pyridine rings is 1. The molecule has 1 amide bonds. The minimum Gasteiger partial charge on any atom is -0.396 e. The lowest BCUT2D eigenvalue weighted by Gasteiger charge is -2.07. The zero-order valence-electron chi connectivity index (χ0n) is 11.4. The van der Waals surface area contributed by atoms with Crippen LogP contribution in [-0.2, 0) is 0 Å². The number of carbonyl (C=O) groups is 1. The summed E-state index contributed by atoms with van der Waals surface area (Å²) < 4.78 is 0. The fourth-order valence-corrected chi connectivity index (χ4v) is 2.22. The monoisotopic (exact) mass is 356 g/mol. The van der Waals surface area contributed by atoms with E-state index in [9.17, 15) is 4.79 Å². The number of nitrogen functional groups attached to an aromatic ring is 1. The molecule has 0 radical (unpaired) electrons. The summed E-state index contributed by atoms with van der Waals surface area (Å²) in [5, 5.41) is 3.70. The van der Waals surface area contributed by atoms with Crippen molar-refractivity contribution in [2.75, 3.05) is 5.73 Å². The van der Waals surface area contributed by atoms with Crippen molar-refractivity contribution in [1.82, 2.24) is 10.4 Å². The number of nitrogens with zero attached hydrogens (tertiary/aromatic N) is 2. The number of hydrogen-bond donors (Lipinski definition) is 2. The number of nitrogens with two attached hydrogens (primary N) is 1. The maximum Gasteiger partial charge on any atom is 0.291 e. The van der Waals surface area contributed by atoms with E-state index in [1.807, 2.05) is 31.2 Å². The molecule has 3 N–H and O–H groups in total. The van der Waals surface area contributed by atoms with Crippen LogP contribution in [0.3, 0.4) is 0 Å². The van der Waals surface area contributed by atoms with Crippen molar-refractivity contribution in [2.45, 2.75) is 6.92 Å². The van der Waals surface area contributed by atoms with Crippen molar-refractivity contribution < 1.29 is 4.79 Å². The highest BCUT2D eigenvalue weighted by Gasteiger charge is 2.19. The Morgan fingerprint density at radius 1 is 1.27 bits per heavy atom. The zero-order valence-corrected chi connectivity index (χ0v) is 13.7. The molecule has 0 aliphatic rings. The topological polar surface area (TPSA) is 80.4 Å². The van der Waals surface area contributed by atoms with Crippen LogP contribution in [0.4, 0.5) is 5.69 Å². The third-order valence-corrected chi connectivity index (χ3v) is 3.98. The van der Waals surface area contributed by atoms with E-state index in [1.165, 1.54) is 6.21 Å². The average Bonchev–Trinajstić information content (AvgIpc) is 2.50. The number of anilines is 1. The van der Waals surface area contributed by atoms with E-state index >= 15 is 0 Å². The molecule has 22 heavy (non-hydrogen) atoms. The SMILES string of the molecule is Cc1ccccc1/C=N/NC(=O)c1nc(Cl)c(Cl)c(N)c1Cl. The molecule has 0 fully saturated rings. The van der Waals surface area contributed by atoms with Crippen LogP contribution in [0.25, 0.3) is 0 Å². The lowest BCUT2D eigenvalue weighted by Crippen LogP contribution is -2.20. The number of carbonyl (C=O) groups excluding carboxylic acids is 1. The number of hydrogen-bond acceptors (Lipinski definition) is 4. The number of amides is 1. The first-order valence-electron chi connectivity index (χ1n) is 6.10. The largest absolute Gasteiger partial charge is 0.396 e. The molecule has 0 aliphatic carbocycles. The van der Waals surface area contributed by atoms with Gasteiger partial charge in [-0.3, -0.25) is 4.79 Å². The second-order valence-electron chi connectivity index (χ2n) is 4.35. The van der Waals surface area contributed by atoms with Crippen molar-refractivity contribution in [3.8, 4) is 0 Å². The summed E-state index contributed by atoms with van der Waals surface area (Å²) in [5.74, 6) is -0.639. The minimum atomic E-state index is -0.639. The molecule has 5 nitrogen and oxygen atoms in total. The third-order valence-electron chi connectivity index (χ3n) is 2.85. The third kappa shape index (κ3) is 3.50. The molecule has 1 heterocycles. The molecule has 114 valence electrons. The maximum atomic E-state index is 12.0. The summed E-state index contributed by atoms with van der Waals surface area (Å²) >= 11 is 17.5. The predicted octanol–water partition coefficient (Wildman–Crippen LogP) is 3.70. The number of benzene rings is 1. The van der Waals surface area contributed by atoms with Crippen molar-refractivity contribution >= 4 is 52.6 Å². The molecule has 1 aromatic carbocycles. The summed E-state index contributed by atoms with van der Waals surface area (Å²) in [7, 11) is 0. The number of halogens is 3. The zero-order chi connectivity index (χ0) is 16.3. The van der Waals surface area contributed by atoms with Crippen molar-refractivity contribution in [2.24, 2.45) is 5.10 Å². The Balaban J connectivity index is 2.19. The van der Waals surface area contributed by atoms with Gasteiger partial charge in [-0.05, 0) is 18.1 Å². The normalized spacial score (nSPS) is 10.9. The van der Waals surface area contributed by atoms with Gasteiger partial charge in [0.2, 0.25) is 0 Å². The summed E-state index contributed by atoms with van der Waals surface area (Å²) in [4.78, 5) is 15.8. The first-order valence-corrected chi connectivity index (χ1v) is 7.24. The molecule has 0 atom stereocenters. The first-order chi connectivity index (χ1) is 10.4. The maximum absolute atomic E-state index is 12.0. The Bertz CT molecular complexity index is 762. The molecule has 2 rings (SSSR count). The van der Waals surface area contributed by atoms with E-state index in [-0.39, 0.29) is 26.6 Å². The van der Waals surface area contributed by atoms with E-state index in [2.05, 4.69) is 15.5 Å². The molecule has 0 unspecified atom stereocenters. The average molecular weight is 358 g/mol. The molecular formula is C14H11Cl3N4O. The molecule has 0 saturated carbocycles. The van der Waals surface area contributed by atoms with Crippen LogP contribution in [0.15, 0.2) is 29.4 Å². The lowest BCUT2D eigenvalue weighted by atomic mass is 10.1. The van der Waals surface area contributed by atoms with E-state index in [0.29, 0.717) is 0 Å². The molecule has 8 heteroatoms. The highest BCUT2D eigenvalue weighted by molar-refractivity contribution is 6.46. The molecule has 0 aliphatic heterocycles. The number of hydrazone groups is 1. The Kier molecular flexibility index (Phi) is 5.24. The Morgan fingerprint density at radius 3 is 2.64 bits per heavy atom. The number of rotatable bonds is 3. The fourth-order valence-electron chi connectivity index (χ4n) is 1.63. The van der Waals surface area contributed by atoms with E-state index in [4.69, 9.17) is 40.5 Å². The Morgan fingerprint density at radius 2 is 1.95 bits per heavy atom. The van der Waals surface area contributed by atoms with Crippen LogP contribution in [0, 0.1) is 6.92 Å². The quantitative estimate of drug-likeness (QED) is 0.499. The van der Waals surface area contributed by atoms with Gasteiger partial charge in [-0.1, -0.05) is 59.1 Å². The standard InChI is InChI=1S/C14H11Cl3N4O/c1-7-4-2-3-5-8(7)6-19-21-14(22)12-9(15)11(18)10(16)13(17)20-12/h2-6H,1H3,(H2,18,20)(H,21,22)/b19-6+. The highest BCUT2D eigenvalue weighted by Crippen LogP contribution is 2.34. The van der Waals surface area contributed by atoms with Gasteiger partial charge in [0.25, 0.3) is 5.91 Å². The Hall–Kier alpha value is -1.82. The van der Waals surface area contributed by atoms with Gasteiger partial charge in [0.15, 0.2) is 10.8 Å². The van der Waals surface area contributed by atoms with Crippen LogP contribution in [-0.4, -0.2) is 17.1 Å². The second-order valence-corrected chi connectivity index (χ2v) is 5.46. The van der Waals surface area contributed by atoms with Gasteiger partial charge in [0, 0.05) is 0 Å². The molecule has 0 spiro atoms. The predicted molar refractivity (Wildman–Crippen MR) is 89.9 cm³/mol. The molecule has 0 bridgehead atoms. The first kappa shape index (κ1) is 16.5. The van der Waals surface area contributed by atoms with Gasteiger partial charge in [-0.2, -0.15) is 5.10 Å². The van der Waals surface area contributed by atoms with E-state index < -0.39 is 5.91 Å². The molecular weight excluding hydrogens is 347 g/mol. The second kappa shape index (κ2) is 6.96. The minimum absolute atomic E-state index is 0.00336. The van der Waals surface area contributed by atoms with Crippen LogP contribution in [0.2, 0.25) is 15.2 Å². The number of aromatic nitrogens is 1. The number of nitrogens with one attached hydrogen (secondary N) is 1. The van der Waals surface area contributed by atoms with Crippen LogP contribution in [0.5, 0.6) is 0 Å². The van der Waals surface area contributed by atoms with Crippen LogP contribution < -0.4 is 11.2 Å². The molecule has 1 aromatic heterocycles. The van der Waals surface area contributed by atoms with E-state index in [1.54, 1.807) is 0 Å². The van der Waals surface area contributed by atoms with Gasteiger partial charge in [0.1, 0.15) is 5.02 Å². The van der Waals surface area contributed by atoms with Crippen LogP contribution >= 0.6 is 34.8 Å². The molecule has 0 saturated heterocycles. The van der Waals surface area contributed by atoms with Crippen molar-refractivity contribution in [1.29, 1.82) is 0 Å². The smallest absolute Gasteiger partial charge is 0.291 e. The summed E-state index contributed by atoms with van der Waals surface area (Å²) in [6.07, 6.45) is 1.52. The van der Waals surface area contributed by atoms with Gasteiger partial charge in [-0.25, -0.2) is 10.4 Å². The highest BCUT2D eigenvalue weighted by atomic mass is 35.5. The summed E-state index contributed by atoms with van der Waals surface area (Å²) in [6.45, 7) is 1.93. The van der Waals surface area contributed by atoms with Gasteiger partial charge >= 0.3 is 0 Å². The summed E-state index contributed by atoms with van der Waals surface area (Å²) in [5.41, 5.74) is 9.72. The fraction of sp³-hybridized carbons (Fsp3) is 0.0714. The van der Waals surface area contributed by atoms with Crippen molar-refractivity contribution in [3.05, 3.63) is 56.3 Å². The van der Waals surface area contributed by atoms with Crippen LogP contribution in [0.1, 0.15) is 21.6 Å². The van der Waals surface area contributed by atoms with Gasteiger partial charge < -0.3 is 5.73 Å². The number of aryl methyl sites for hydroxylation is 1. The van der Waals surface area contributed by atoms with Gasteiger partial charge in [-0.15, -0.1) is 0 Å². The van der Waals surface area contributed by atoms with E-state index in [0.717, 1.165) is 11.1 Å². The lowest BCUT2D eigenvalue weighted by molar-refractivity contribution is 0.0950. The Labute approximate surface area is 142 Å². The molecule has 2 aromatic rings.